The molecule has 1 atom stereocenters. The number of nitrogens with one attached hydrogen (secondary N) is 2. The van der Waals surface area contributed by atoms with Gasteiger partial charge in [0, 0.05) is 17.3 Å². The van der Waals surface area contributed by atoms with E-state index in [0.29, 0.717) is 12.5 Å². The number of ketones is 1. The quantitative estimate of drug-likeness (QED) is 0.692. The summed E-state index contributed by atoms with van der Waals surface area (Å²) in [6.45, 7) is 12.5. The van der Waals surface area contributed by atoms with Crippen molar-refractivity contribution in [3.05, 3.63) is 29.8 Å². The Kier molecular flexibility index (Phi) is 7.64. The van der Waals surface area contributed by atoms with Crippen molar-refractivity contribution >= 4 is 17.4 Å². The van der Waals surface area contributed by atoms with Gasteiger partial charge in [-0.25, -0.2) is 0 Å². The fourth-order valence-corrected chi connectivity index (χ4v) is 3.37. The zero-order valence-electron chi connectivity index (χ0n) is 16.7. The molecule has 0 radical (unpaired) electrons. The van der Waals surface area contributed by atoms with Crippen LogP contribution in [-0.2, 0) is 4.79 Å². The fourth-order valence-electron chi connectivity index (χ4n) is 3.37. The summed E-state index contributed by atoms with van der Waals surface area (Å²) >= 11 is 0. The first-order valence-electron chi connectivity index (χ1n) is 9.84. The molecule has 2 N–H and O–H groups in total. The number of rotatable bonds is 8. The van der Waals surface area contributed by atoms with E-state index >= 15 is 0 Å². The van der Waals surface area contributed by atoms with Crippen molar-refractivity contribution in [2.75, 3.05) is 37.6 Å². The number of carbonyl (C=O) groups is 2. The first-order chi connectivity index (χ1) is 12.3. The molecule has 1 aromatic carbocycles. The second kappa shape index (κ2) is 9.72. The van der Waals surface area contributed by atoms with Crippen LogP contribution in [0.2, 0.25) is 0 Å². The summed E-state index contributed by atoms with van der Waals surface area (Å²) in [7, 11) is 0. The van der Waals surface area contributed by atoms with Crippen LogP contribution in [0.4, 0.5) is 5.69 Å². The number of amides is 1. The predicted molar refractivity (Wildman–Crippen MR) is 106 cm³/mol. The molecule has 2 rings (SSSR count). The second-order valence-electron chi connectivity index (χ2n) is 7.96. The van der Waals surface area contributed by atoms with E-state index in [9.17, 15) is 9.59 Å². The summed E-state index contributed by atoms with van der Waals surface area (Å²) < 4.78 is 0. The number of Topliss-reactive ketones (excluding diaryl/α,β-unsaturated/α-hetero) is 1. The van der Waals surface area contributed by atoms with E-state index in [-0.39, 0.29) is 17.7 Å². The van der Waals surface area contributed by atoms with Crippen molar-refractivity contribution in [1.82, 2.24) is 5.32 Å². The molecule has 1 fully saturated rings. The van der Waals surface area contributed by atoms with E-state index in [2.05, 4.69) is 31.0 Å². The third-order valence-electron chi connectivity index (χ3n) is 5.10. The molecule has 1 saturated heterocycles. The normalized spacial score (nSPS) is 16.6. The van der Waals surface area contributed by atoms with E-state index < -0.39 is 0 Å². The topological polar surface area (TPSA) is 53.9 Å². The number of hydrogen-bond donors (Lipinski definition) is 2. The van der Waals surface area contributed by atoms with Crippen molar-refractivity contribution in [1.29, 1.82) is 0 Å². The minimum atomic E-state index is 0.0967. The summed E-state index contributed by atoms with van der Waals surface area (Å²) in [5, 5.41) is 3.14. The number of carbonyl (C=O) groups excluding carboxylic acids is 2. The smallest absolute Gasteiger partial charge is 0.275 e. The molecular weight excluding hydrogens is 326 g/mol. The highest BCUT2D eigenvalue weighted by Gasteiger charge is 2.23. The highest BCUT2D eigenvalue weighted by molar-refractivity contribution is 5.94. The summed E-state index contributed by atoms with van der Waals surface area (Å²) in [6.07, 6.45) is 2.19. The van der Waals surface area contributed by atoms with Crippen LogP contribution in [0, 0.1) is 5.92 Å². The van der Waals surface area contributed by atoms with E-state index in [1.807, 2.05) is 24.3 Å². The van der Waals surface area contributed by atoms with Crippen molar-refractivity contribution < 1.29 is 14.5 Å². The molecule has 1 aliphatic heterocycles. The molecule has 0 aliphatic carbocycles. The minimum absolute atomic E-state index is 0.0967. The number of hydrogen-bond acceptors (Lipinski definition) is 3. The molecule has 0 spiro atoms. The molecule has 0 aromatic heterocycles. The lowest BCUT2D eigenvalue weighted by Crippen LogP contribution is -3.16. The first-order valence-corrected chi connectivity index (χ1v) is 9.84. The monoisotopic (exact) mass is 360 g/mol. The van der Waals surface area contributed by atoms with E-state index in [0.717, 1.165) is 50.3 Å². The van der Waals surface area contributed by atoms with Gasteiger partial charge in [-0.15, -0.1) is 0 Å². The van der Waals surface area contributed by atoms with Gasteiger partial charge in [0.1, 0.15) is 0 Å². The Labute approximate surface area is 157 Å². The molecule has 1 aromatic rings. The van der Waals surface area contributed by atoms with E-state index in [1.165, 1.54) is 4.90 Å². The maximum atomic E-state index is 12.2. The number of quaternary nitrogens is 1. The lowest BCUT2D eigenvalue weighted by molar-refractivity contribution is -0.892. The van der Waals surface area contributed by atoms with Crippen LogP contribution < -0.4 is 15.1 Å². The molecular formula is C21H34N3O2+. The summed E-state index contributed by atoms with van der Waals surface area (Å²) in [6, 6.07) is 8.08. The molecule has 1 amide bonds. The fraction of sp³-hybridized carbons (Fsp3) is 0.619. The van der Waals surface area contributed by atoms with Gasteiger partial charge in [-0.05, 0) is 56.9 Å². The summed E-state index contributed by atoms with van der Waals surface area (Å²) in [5.74, 6) is 0.938. The Morgan fingerprint density at radius 1 is 1.08 bits per heavy atom. The molecule has 0 saturated carbocycles. The Morgan fingerprint density at radius 2 is 1.69 bits per heavy atom. The lowest BCUT2D eigenvalue weighted by atomic mass is 10.0. The molecule has 5 heteroatoms. The minimum Gasteiger partial charge on any atom is -0.360 e. The Hall–Kier alpha value is -1.88. The van der Waals surface area contributed by atoms with Crippen molar-refractivity contribution in [2.24, 2.45) is 5.92 Å². The average molecular weight is 361 g/mol. The number of benzene rings is 1. The van der Waals surface area contributed by atoms with Gasteiger partial charge in [0.15, 0.2) is 12.3 Å². The Morgan fingerprint density at radius 3 is 2.23 bits per heavy atom. The van der Waals surface area contributed by atoms with E-state index in [1.54, 1.807) is 6.92 Å². The highest BCUT2D eigenvalue weighted by atomic mass is 16.2. The predicted octanol–water partition coefficient (Wildman–Crippen LogP) is 1.54. The van der Waals surface area contributed by atoms with E-state index in [4.69, 9.17) is 0 Å². The second-order valence-corrected chi connectivity index (χ2v) is 7.96. The van der Waals surface area contributed by atoms with Gasteiger partial charge in [0.05, 0.1) is 26.2 Å². The summed E-state index contributed by atoms with van der Waals surface area (Å²) in [4.78, 5) is 27.3. The zero-order chi connectivity index (χ0) is 19.1. The van der Waals surface area contributed by atoms with Gasteiger partial charge in [0.25, 0.3) is 5.91 Å². The maximum absolute atomic E-state index is 12.2. The molecule has 0 unspecified atom stereocenters. The zero-order valence-corrected chi connectivity index (χ0v) is 16.7. The Bertz CT molecular complexity index is 590. The number of piperazine rings is 1. The van der Waals surface area contributed by atoms with Crippen LogP contribution in [-0.4, -0.2) is 50.5 Å². The largest absolute Gasteiger partial charge is 0.360 e. The molecule has 5 nitrogen and oxygen atoms in total. The highest BCUT2D eigenvalue weighted by Crippen LogP contribution is 2.15. The van der Waals surface area contributed by atoms with Crippen molar-refractivity contribution in [3.8, 4) is 0 Å². The molecule has 1 heterocycles. The first kappa shape index (κ1) is 20.4. The van der Waals surface area contributed by atoms with Crippen LogP contribution in [0.5, 0.6) is 0 Å². The number of nitrogens with zero attached hydrogens (tertiary/aromatic N) is 1. The van der Waals surface area contributed by atoms with Crippen LogP contribution in [0.25, 0.3) is 0 Å². The molecule has 1 aliphatic rings. The van der Waals surface area contributed by atoms with Gasteiger partial charge in [-0.1, -0.05) is 13.8 Å². The maximum Gasteiger partial charge on any atom is 0.275 e. The van der Waals surface area contributed by atoms with Crippen molar-refractivity contribution in [3.63, 3.8) is 0 Å². The van der Waals surface area contributed by atoms with Gasteiger partial charge in [-0.2, -0.15) is 0 Å². The van der Waals surface area contributed by atoms with Gasteiger partial charge >= 0.3 is 0 Å². The SMILES string of the molecule is CC(=O)c1ccc(N2CC[NH+](CC(=O)N[C@H](C)CCC(C)C)CC2)cc1. The third-order valence-corrected chi connectivity index (χ3v) is 5.10. The molecule has 26 heavy (non-hydrogen) atoms. The average Bonchev–Trinajstić information content (AvgIpc) is 2.60. The van der Waals surface area contributed by atoms with Gasteiger partial charge in [-0.3, -0.25) is 9.59 Å². The van der Waals surface area contributed by atoms with Crippen LogP contribution in [0.3, 0.4) is 0 Å². The van der Waals surface area contributed by atoms with Crippen LogP contribution >= 0.6 is 0 Å². The van der Waals surface area contributed by atoms with Crippen LogP contribution in [0.1, 0.15) is 50.9 Å². The van der Waals surface area contributed by atoms with Gasteiger partial charge in [0.2, 0.25) is 0 Å². The summed E-state index contributed by atoms with van der Waals surface area (Å²) in [5.41, 5.74) is 1.90. The standard InChI is InChI=1S/C21H33N3O2/c1-16(2)5-6-17(3)22-21(26)15-23-11-13-24(14-12-23)20-9-7-19(8-10-20)18(4)25/h7-10,16-17H,5-6,11-15H2,1-4H3,(H,22,26)/p+1/t17-/m1/s1. The third kappa shape index (κ3) is 6.45. The van der Waals surface area contributed by atoms with Gasteiger partial charge < -0.3 is 15.1 Å². The molecule has 0 bridgehead atoms. The molecule has 144 valence electrons. The lowest BCUT2D eigenvalue weighted by Gasteiger charge is -2.33. The Balaban J connectivity index is 1.74. The number of anilines is 1. The van der Waals surface area contributed by atoms with Crippen molar-refractivity contribution in [2.45, 2.75) is 46.6 Å². The van der Waals surface area contributed by atoms with Crippen LogP contribution in [0.15, 0.2) is 24.3 Å².